The number of carbonyl (C=O) groups is 1. The molecule has 8 nitrogen and oxygen atoms in total. The summed E-state index contributed by atoms with van der Waals surface area (Å²) in [6, 6.07) is 10.6. The molecule has 134 valence electrons. The molecule has 0 saturated carbocycles. The molecule has 1 aromatic heterocycles. The smallest absolute Gasteiger partial charge is 0.255 e. The lowest BCUT2D eigenvalue weighted by Crippen LogP contribution is -2.13. The van der Waals surface area contributed by atoms with E-state index < -0.39 is 0 Å². The predicted molar refractivity (Wildman–Crippen MR) is 96.0 cm³/mol. The van der Waals surface area contributed by atoms with Crippen molar-refractivity contribution < 1.29 is 14.3 Å². The van der Waals surface area contributed by atoms with Gasteiger partial charge in [-0.25, -0.2) is 4.68 Å². The largest absolute Gasteiger partial charge is 0.493 e. The number of aromatic nitrogens is 4. The van der Waals surface area contributed by atoms with Gasteiger partial charge in [0.1, 0.15) is 6.33 Å². The van der Waals surface area contributed by atoms with Gasteiger partial charge in [0.05, 0.1) is 19.4 Å². The fourth-order valence-corrected chi connectivity index (χ4v) is 2.49. The number of nitrogens with zero attached hydrogens (tertiary/aromatic N) is 4. The van der Waals surface area contributed by atoms with E-state index in [9.17, 15) is 4.79 Å². The van der Waals surface area contributed by atoms with Crippen molar-refractivity contribution in [3.63, 3.8) is 0 Å². The summed E-state index contributed by atoms with van der Waals surface area (Å²) in [4.78, 5) is 12.6. The Bertz CT molecular complexity index is 909. The number of amides is 1. The maximum absolute atomic E-state index is 12.6. The summed E-state index contributed by atoms with van der Waals surface area (Å²) in [5, 5.41) is 14.0. The number of hydrogen-bond acceptors (Lipinski definition) is 6. The number of benzene rings is 2. The van der Waals surface area contributed by atoms with Crippen LogP contribution in [0.2, 0.25) is 0 Å². The van der Waals surface area contributed by atoms with Crippen LogP contribution in [0, 0.1) is 6.92 Å². The number of hydrogen-bond donors (Lipinski definition) is 1. The van der Waals surface area contributed by atoms with E-state index in [-0.39, 0.29) is 5.91 Å². The molecule has 1 N–H and O–H groups in total. The van der Waals surface area contributed by atoms with Crippen LogP contribution in [0.15, 0.2) is 42.7 Å². The molecule has 1 amide bonds. The second-order valence-corrected chi connectivity index (χ2v) is 5.51. The van der Waals surface area contributed by atoms with Crippen LogP contribution >= 0.6 is 0 Å². The van der Waals surface area contributed by atoms with Crippen molar-refractivity contribution in [2.45, 2.75) is 13.8 Å². The molecule has 0 atom stereocenters. The Balaban J connectivity index is 1.83. The highest BCUT2D eigenvalue weighted by Crippen LogP contribution is 2.28. The lowest BCUT2D eigenvalue weighted by atomic mass is 10.1. The molecule has 0 aliphatic carbocycles. The Hall–Kier alpha value is -3.42. The minimum Gasteiger partial charge on any atom is -0.493 e. The normalized spacial score (nSPS) is 10.4. The predicted octanol–water partition coefficient (Wildman–Crippen LogP) is 2.63. The SMILES string of the molecule is CCOc1ccc(C(=O)Nc2ccc(C)c(-n3cnnn3)c2)cc1OC. The first-order chi connectivity index (χ1) is 12.6. The Morgan fingerprint density at radius 2 is 2.04 bits per heavy atom. The van der Waals surface area contributed by atoms with Gasteiger partial charge in [0.15, 0.2) is 11.5 Å². The maximum Gasteiger partial charge on any atom is 0.255 e. The Kier molecular flexibility index (Phi) is 5.12. The molecule has 0 saturated heterocycles. The van der Waals surface area contributed by atoms with Crippen LogP contribution in [-0.2, 0) is 0 Å². The molecule has 26 heavy (non-hydrogen) atoms. The van der Waals surface area contributed by atoms with E-state index in [0.29, 0.717) is 29.4 Å². The number of methoxy groups -OCH3 is 1. The number of ether oxygens (including phenoxy) is 2. The summed E-state index contributed by atoms with van der Waals surface area (Å²) in [6.07, 6.45) is 1.51. The number of rotatable bonds is 6. The van der Waals surface area contributed by atoms with E-state index in [1.165, 1.54) is 13.4 Å². The third-order valence-corrected chi connectivity index (χ3v) is 3.79. The number of aryl methyl sites for hydroxylation is 1. The van der Waals surface area contributed by atoms with Crippen LogP contribution in [0.4, 0.5) is 5.69 Å². The van der Waals surface area contributed by atoms with E-state index in [1.807, 2.05) is 32.0 Å². The van der Waals surface area contributed by atoms with Gasteiger partial charge in [-0.2, -0.15) is 0 Å². The zero-order valence-corrected chi connectivity index (χ0v) is 14.8. The second kappa shape index (κ2) is 7.64. The fourth-order valence-electron chi connectivity index (χ4n) is 2.49. The number of anilines is 1. The van der Waals surface area contributed by atoms with Crippen LogP contribution in [0.5, 0.6) is 11.5 Å². The van der Waals surface area contributed by atoms with Crippen molar-refractivity contribution in [3.8, 4) is 17.2 Å². The Morgan fingerprint density at radius 3 is 2.73 bits per heavy atom. The third-order valence-electron chi connectivity index (χ3n) is 3.79. The second-order valence-electron chi connectivity index (χ2n) is 5.51. The molecule has 1 heterocycles. The van der Waals surface area contributed by atoms with Gasteiger partial charge in [-0.1, -0.05) is 6.07 Å². The molecule has 0 bridgehead atoms. The van der Waals surface area contributed by atoms with Gasteiger partial charge in [0.2, 0.25) is 0 Å². The molecular formula is C18H19N5O3. The van der Waals surface area contributed by atoms with Gasteiger partial charge >= 0.3 is 0 Å². The lowest BCUT2D eigenvalue weighted by Gasteiger charge is -2.12. The van der Waals surface area contributed by atoms with Gasteiger partial charge in [0, 0.05) is 11.3 Å². The zero-order chi connectivity index (χ0) is 18.5. The van der Waals surface area contributed by atoms with Crippen molar-refractivity contribution in [3.05, 3.63) is 53.9 Å². The molecule has 8 heteroatoms. The first-order valence-corrected chi connectivity index (χ1v) is 8.08. The van der Waals surface area contributed by atoms with Crippen molar-refractivity contribution in [2.75, 3.05) is 19.0 Å². The van der Waals surface area contributed by atoms with E-state index in [0.717, 1.165) is 11.3 Å². The van der Waals surface area contributed by atoms with E-state index in [4.69, 9.17) is 9.47 Å². The van der Waals surface area contributed by atoms with Crippen molar-refractivity contribution in [1.29, 1.82) is 0 Å². The fraction of sp³-hybridized carbons (Fsp3) is 0.222. The van der Waals surface area contributed by atoms with E-state index in [1.54, 1.807) is 22.9 Å². The van der Waals surface area contributed by atoms with Gasteiger partial charge < -0.3 is 14.8 Å². The van der Waals surface area contributed by atoms with E-state index >= 15 is 0 Å². The summed E-state index contributed by atoms with van der Waals surface area (Å²) < 4.78 is 12.3. The minimum absolute atomic E-state index is 0.252. The highest BCUT2D eigenvalue weighted by atomic mass is 16.5. The third kappa shape index (κ3) is 3.64. The maximum atomic E-state index is 12.6. The molecule has 0 radical (unpaired) electrons. The molecule has 0 fully saturated rings. The minimum atomic E-state index is -0.252. The van der Waals surface area contributed by atoms with Gasteiger partial charge in [-0.05, 0) is 60.2 Å². The highest BCUT2D eigenvalue weighted by Gasteiger charge is 2.12. The van der Waals surface area contributed by atoms with Crippen LogP contribution in [0.3, 0.4) is 0 Å². The summed E-state index contributed by atoms with van der Waals surface area (Å²) in [5.41, 5.74) is 2.88. The molecule has 3 aromatic rings. The van der Waals surface area contributed by atoms with Crippen molar-refractivity contribution >= 4 is 11.6 Å². The molecule has 0 spiro atoms. The lowest BCUT2D eigenvalue weighted by molar-refractivity contribution is 0.102. The summed E-state index contributed by atoms with van der Waals surface area (Å²) >= 11 is 0. The van der Waals surface area contributed by atoms with Gasteiger partial charge in [-0.15, -0.1) is 5.10 Å². The van der Waals surface area contributed by atoms with E-state index in [2.05, 4.69) is 20.8 Å². The topological polar surface area (TPSA) is 91.2 Å². The zero-order valence-electron chi connectivity index (χ0n) is 14.8. The molecule has 0 unspecified atom stereocenters. The van der Waals surface area contributed by atoms with Gasteiger partial charge in [-0.3, -0.25) is 4.79 Å². The Morgan fingerprint density at radius 1 is 1.19 bits per heavy atom. The van der Waals surface area contributed by atoms with Crippen molar-refractivity contribution in [2.24, 2.45) is 0 Å². The van der Waals surface area contributed by atoms with Crippen LogP contribution < -0.4 is 14.8 Å². The highest BCUT2D eigenvalue weighted by molar-refractivity contribution is 6.04. The first-order valence-electron chi connectivity index (χ1n) is 8.08. The quantitative estimate of drug-likeness (QED) is 0.732. The summed E-state index contributed by atoms with van der Waals surface area (Å²) in [7, 11) is 1.54. The van der Waals surface area contributed by atoms with Crippen LogP contribution in [-0.4, -0.2) is 39.8 Å². The molecule has 0 aliphatic rings. The first kappa shape index (κ1) is 17.4. The molecular weight excluding hydrogens is 334 g/mol. The summed E-state index contributed by atoms with van der Waals surface area (Å²) in [5.74, 6) is 0.860. The standard InChI is InChI=1S/C18H19N5O3/c1-4-26-16-8-6-13(9-17(16)25-3)18(24)20-14-7-5-12(2)15(10-14)23-11-19-21-22-23/h5-11H,4H2,1-3H3,(H,20,24). The number of nitrogens with one attached hydrogen (secondary N) is 1. The Labute approximate surface area is 150 Å². The summed E-state index contributed by atoms with van der Waals surface area (Å²) in [6.45, 7) is 4.35. The van der Waals surface area contributed by atoms with Crippen LogP contribution in [0.1, 0.15) is 22.8 Å². The van der Waals surface area contributed by atoms with Crippen LogP contribution in [0.25, 0.3) is 5.69 Å². The number of carbonyl (C=O) groups excluding carboxylic acids is 1. The number of tetrazole rings is 1. The average Bonchev–Trinajstić information content (AvgIpc) is 3.18. The van der Waals surface area contributed by atoms with Crippen molar-refractivity contribution in [1.82, 2.24) is 20.2 Å². The average molecular weight is 353 g/mol. The molecule has 0 aliphatic heterocycles. The molecule has 3 rings (SSSR count). The van der Waals surface area contributed by atoms with Gasteiger partial charge in [0.25, 0.3) is 5.91 Å². The molecule has 2 aromatic carbocycles. The monoisotopic (exact) mass is 353 g/mol.